The lowest BCUT2D eigenvalue weighted by atomic mass is 10.2. The van der Waals surface area contributed by atoms with Crippen LogP contribution in [0.4, 0.5) is 4.79 Å². The molecular weight excluding hydrogens is 310 g/mol. The summed E-state index contributed by atoms with van der Waals surface area (Å²) in [6.45, 7) is 8.85. The second-order valence-corrected chi connectivity index (χ2v) is 7.72. The van der Waals surface area contributed by atoms with Gasteiger partial charge in [0.05, 0.1) is 0 Å². The zero-order valence-corrected chi connectivity index (χ0v) is 14.3. The van der Waals surface area contributed by atoms with Crippen LogP contribution in [0, 0.1) is 6.92 Å². The highest BCUT2D eigenvalue weighted by Gasteiger charge is 2.30. The fourth-order valence-electron chi connectivity index (χ4n) is 2.02. The van der Waals surface area contributed by atoms with Crippen molar-refractivity contribution in [2.24, 2.45) is 0 Å². The molecular formula is C14H20ClN3O2S. The first-order chi connectivity index (χ1) is 9.73. The van der Waals surface area contributed by atoms with E-state index in [2.05, 4.69) is 9.97 Å². The Morgan fingerprint density at radius 1 is 1.48 bits per heavy atom. The average Bonchev–Trinajstić information content (AvgIpc) is 2.73. The number of halogens is 1. The molecule has 1 aliphatic heterocycles. The van der Waals surface area contributed by atoms with Crippen molar-refractivity contribution in [3.05, 3.63) is 16.9 Å². The zero-order chi connectivity index (χ0) is 15.6. The van der Waals surface area contributed by atoms with E-state index in [9.17, 15) is 4.79 Å². The molecule has 0 aliphatic carbocycles. The molecule has 0 aromatic carbocycles. The molecule has 1 saturated heterocycles. The summed E-state index contributed by atoms with van der Waals surface area (Å²) >= 11 is 7.50. The Morgan fingerprint density at radius 2 is 2.19 bits per heavy atom. The largest absolute Gasteiger partial charge is 0.444 e. The highest BCUT2D eigenvalue weighted by atomic mass is 35.5. The van der Waals surface area contributed by atoms with Crippen LogP contribution >= 0.6 is 23.4 Å². The molecule has 0 saturated carbocycles. The number of aryl methyl sites for hydroxylation is 1. The van der Waals surface area contributed by atoms with E-state index in [1.165, 1.54) is 0 Å². The standard InChI is InChI=1S/C14H20ClN3O2S/c1-9-7-11(15)17-12(16-9)21-10-5-6-18(8-10)13(19)20-14(2,3)4/h7,10H,5-6,8H2,1-4H3. The van der Waals surface area contributed by atoms with Crippen molar-refractivity contribution in [3.8, 4) is 0 Å². The predicted octanol–water partition coefficient (Wildman–Crippen LogP) is 3.54. The monoisotopic (exact) mass is 329 g/mol. The topological polar surface area (TPSA) is 55.3 Å². The maximum atomic E-state index is 12.0. The smallest absolute Gasteiger partial charge is 0.410 e. The zero-order valence-electron chi connectivity index (χ0n) is 12.7. The molecule has 21 heavy (non-hydrogen) atoms. The minimum atomic E-state index is -0.463. The number of hydrogen-bond donors (Lipinski definition) is 0. The van der Waals surface area contributed by atoms with Gasteiger partial charge in [0.25, 0.3) is 0 Å². The number of rotatable bonds is 2. The van der Waals surface area contributed by atoms with E-state index >= 15 is 0 Å². The summed E-state index contributed by atoms with van der Waals surface area (Å²) in [5.41, 5.74) is 0.384. The second kappa shape index (κ2) is 6.40. The molecule has 2 heterocycles. The summed E-state index contributed by atoms with van der Waals surface area (Å²) in [6.07, 6.45) is 0.646. The van der Waals surface area contributed by atoms with Gasteiger partial charge in [0.1, 0.15) is 10.8 Å². The molecule has 0 spiro atoms. The van der Waals surface area contributed by atoms with Gasteiger partial charge in [0.2, 0.25) is 0 Å². The molecule has 0 N–H and O–H groups in total. The molecule has 0 bridgehead atoms. The minimum absolute atomic E-state index is 0.256. The van der Waals surface area contributed by atoms with E-state index in [0.29, 0.717) is 23.4 Å². The summed E-state index contributed by atoms with van der Waals surface area (Å²) in [5.74, 6) is 0. The van der Waals surface area contributed by atoms with Gasteiger partial charge in [0.15, 0.2) is 5.16 Å². The fraction of sp³-hybridized carbons (Fsp3) is 0.643. The minimum Gasteiger partial charge on any atom is -0.444 e. The molecule has 1 atom stereocenters. The predicted molar refractivity (Wildman–Crippen MR) is 83.8 cm³/mol. The van der Waals surface area contributed by atoms with Crippen LogP contribution in [0.25, 0.3) is 0 Å². The lowest BCUT2D eigenvalue weighted by Crippen LogP contribution is -2.35. The summed E-state index contributed by atoms with van der Waals surface area (Å²) in [4.78, 5) is 22.3. The Kier molecular flexibility index (Phi) is 4.99. The molecule has 1 aromatic rings. The lowest BCUT2D eigenvalue weighted by Gasteiger charge is -2.24. The lowest BCUT2D eigenvalue weighted by molar-refractivity contribution is 0.0295. The van der Waals surface area contributed by atoms with Crippen molar-refractivity contribution in [2.75, 3.05) is 13.1 Å². The maximum Gasteiger partial charge on any atom is 0.410 e. The summed E-state index contributed by atoms with van der Waals surface area (Å²) < 4.78 is 5.38. The molecule has 1 unspecified atom stereocenters. The van der Waals surface area contributed by atoms with Crippen molar-refractivity contribution in [3.63, 3.8) is 0 Å². The Bertz CT molecular complexity index is 513. The first-order valence-corrected chi connectivity index (χ1v) is 8.14. The first kappa shape index (κ1) is 16.4. The number of ether oxygens (including phenoxy) is 1. The number of nitrogens with zero attached hydrogens (tertiary/aromatic N) is 3. The van der Waals surface area contributed by atoms with Crippen molar-refractivity contribution >= 4 is 29.5 Å². The third kappa shape index (κ3) is 5.04. The van der Waals surface area contributed by atoms with Gasteiger partial charge in [-0.2, -0.15) is 0 Å². The quantitative estimate of drug-likeness (QED) is 0.613. The van der Waals surface area contributed by atoms with Gasteiger partial charge < -0.3 is 9.64 Å². The van der Waals surface area contributed by atoms with Crippen LogP contribution in [0.15, 0.2) is 11.2 Å². The first-order valence-electron chi connectivity index (χ1n) is 6.89. The van der Waals surface area contributed by atoms with Crippen LogP contribution in [0.2, 0.25) is 5.15 Å². The van der Waals surface area contributed by atoms with Crippen LogP contribution in [-0.2, 0) is 4.74 Å². The van der Waals surface area contributed by atoms with E-state index in [-0.39, 0.29) is 11.3 Å². The highest BCUT2D eigenvalue weighted by Crippen LogP contribution is 2.29. The van der Waals surface area contributed by atoms with Gasteiger partial charge in [-0.3, -0.25) is 0 Å². The Balaban J connectivity index is 1.92. The number of carbonyl (C=O) groups is 1. The molecule has 2 rings (SSSR count). The van der Waals surface area contributed by atoms with Gasteiger partial charge >= 0.3 is 6.09 Å². The van der Waals surface area contributed by atoms with Crippen molar-refractivity contribution < 1.29 is 9.53 Å². The highest BCUT2D eigenvalue weighted by molar-refractivity contribution is 7.99. The molecule has 1 fully saturated rings. The molecule has 1 aliphatic rings. The molecule has 116 valence electrons. The number of hydrogen-bond acceptors (Lipinski definition) is 5. The van der Waals surface area contributed by atoms with E-state index in [1.54, 1.807) is 22.7 Å². The Hall–Kier alpha value is -1.01. The third-order valence-electron chi connectivity index (χ3n) is 2.87. The number of thioether (sulfide) groups is 1. The maximum absolute atomic E-state index is 12.0. The van der Waals surface area contributed by atoms with Crippen molar-refractivity contribution in [2.45, 2.75) is 50.1 Å². The van der Waals surface area contributed by atoms with Crippen LogP contribution in [0.3, 0.4) is 0 Å². The van der Waals surface area contributed by atoms with Gasteiger partial charge in [-0.15, -0.1) is 0 Å². The van der Waals surface area contributed by atoms with E-state index in [4.69, 9.17) is 16.3 Å². The Labute approximate surface area is 134 Å². The summed E-state index contributed by atoms with van der Waals surface area (Å²) in [5, 5.41) is 1.39. The van der Waals surface area contributed by atoms with Crippen molar-refractivity contribution in [1.82, 2.24) is 14.9 Å². The third-order valence-corrected chi connectivity index (χ3v) is 4.18. The van der Waals surface area contributed by atoms with Crippen LogP contribution in [0.1, 0.15) is 32.9 Å². The van der Waals surface area contributed by atoms with Crippen molar-refractivity contribution in [1.29, 1.82) is 0 Å². The van der Waals surface area contributed by atoms with Gasteiger partial charge in [-0.1, -0.05) is 23.4 Å². The second-order valence-electron chi connectivity index (χ2n) is 6.07. The number of aromatic nitrogens is 2. The summed E-state index contributed by atoms with van der Waals surface area (Å²) in [6, 6.07) is 1.73. The molecule has 1 amide bonds. The van der Waals surface area contributed by atoms with Gasteiger partial charge in [0, 0.05) is 24.0 Å². The normalized spacial score (nSPS) is 18.9. The molecule has 5 nitrogen and oxygen atoms in total. The van der Waals surface area contributed by atoms with Gasteiger partial charge in [-0.05, 0) is 40.2 Å². The average molecular weight is 330 g/mol. The fourth-order valence-corrected chi connectivity index (χ4v) is 3.43. The SMILES string of the molecule is Cc1cc(Cl)nc(SC2CCN(C(=O)OC(C)(C)C)C2)n1. The summed E-state index contributed by atoms with van der Waals surface area (Å²) in [7, 11) is 0. The van der Waals surface area contributed by atoms with E-state index in [1.807, 2.05) is 27.7 Å². The molecule has 0 radical (unpaired) electrons. The number of amides is 1. The number of likely N-dealkylation sites (tertiary alicyclic amines) is 1. The van der Waals surface area contributed by atoms with Crippen LogP contribution in [0.5, 0.6) is 0 Å². The molecule has 7 heteroatoms. The molecule has 1 aromatic heterocycles. The van der Waals surface area contributed by atoms with E-state index < -0.39 is 5.60 Å². The van der Waals surface area contributed by atoms with Crippen LogP contribution in [-0.4, -0.2) is 44.9 Å². The van der Waals surface area contributed by atoms with Crippen LogP contribution < -0.4 is 0 Å². The number of carbonyl (C=O) groups excluding carboxylic acids is 1. The van der Waals surface area contributed by atoms with Gasteiger partial charge in [-0.25, -0.2) is 14.8 Å². The van der Waals surface area contributed by atoms with E-state index in [0.717, 1.165) is 12.1 Å². The Morgan fingerprint density at radius 3 is 2.81 bits per heavy atom.